The molecule has 1 heterocycles. The average Bonchev–Trinajstić information content (AvgIpc) is 2.65. The Morgan fingerprint density at radius 2 is 1.69 bits per heavy atom. The first kappa shape index (κ1) is 17.4. The molecule has 3 aromatic rings. The fraction of sp³-hybridized carbons (Fsp3) is 0.150. The lowest BCUT2D eigenvalue weighted by atomic mass is 10.1. The molecular formula is C20H20N4O2. The Hall–Kier alpha value is -3.41. The first-order chi connectivity index (χ1) is 12.6. The van der Waals surface area contributed by atoms with Gasteiger partial charge >= 0.3 is 0 Å². The molecule has 0 bridgehead atoms. The number of anilines is 3. The Balaban J connectivity index is 1.70. The zero-order chi connectivity index (χ0) is 18.5. The molecule has 0 aliphatic heterocycles. The molecule has 6 heteroatoms. The van der Waals surface area contributed by atoms with E-state index in [1.165, 1.54) is 12.7 Å². The van der Waals surface area contributed by atoms with Crippen molar-refractivity contribution in [3.8, 4) is 5.75 Å². The van der Waals surface area contributed by atoms with Crippen molar-refractivity contribution in [1.29, 1.82) is 0 Å². The summed E-state index contributed by atoms with van der Waals surface area (Å²) in [4.78, 5) is 12.4. The van der Waals surface area contributed by atoms with Gasteiger partial charge in [-0.05, 0) is 49.7 Å². The number of nitrogens with zero attached hydrogens (tertiary/aromatic N) is 2. The molecule has 3 rings (SSSR count). The Labute approximate surface area is 152 Å². The van der Waals surface area contributed by atoms with Gasteiger partial charge in [0, 0.05) is 5.69 Å². The van der Waals surface area contributed by atoms with E-state index >= 15 is 0 Å². The van der Waals surface area contributed by atoms with Gasteiger partial charge in [-0.3, -0.25) is 4.79 Å². The average molecular weight is 348 g/mol. The second kappa shape index (κ2) is 7.65. The number of benzene rings is 2. The van der Waals surface area contributed by atoms with Crippen molar-refractivity contribution < 1.29 is 9.53 Å². The fourth-order valence-corrected chi connectivity index (χ4v) is 2.57. The summed E-state index contributed by atoms with van der Waals surface area (Å²) in [5, 5.41) is 14.1. The molecule has 0 saturated carbocycles. The van der Waals surface area contributed by atoms with Crippen LogP contribution in [0.4, 0.5) is 17.3 Å². The summed E-state index contributed by atoms with van der Waals surface area (Å²) in [5.41, 5.74) is 3.74. The Morgan fingerprint density at radius 3 is 2.38 bits per heavy atom. The molecule has 26 heavy (non-hydrogen) atoms. The number of aromatic nitrogens is 2. The summed E-state index contributed by atoms with van der Waals surface area (Å²) in [6.45, 7) is 4.08. The number of rotatable bonds is 5. The minimum atomic E-state index is -0.299. The SMILES string of the molecule is COc1ccccc1C(=O)Nc1ccc(Nc2ccc(C)cc2C)nn1. The molecule has 0 unspecified atom stereocenters. The van der Waals surface area contributed by atoms with E-state index in [1.807, 2.05) is 25.1 Å². The first-order valence-corrected chi connectivity index (χ1v) is 8.19. The highest BCUT2D eigenvalue weighted by atomic mass is 16.5. The molecule has 0 spiro atoms. The third kappa shape index (κ3) is 3.97. The van der Waals surface area contributed by atoms with Gasteiger partial charge in [-0.15, -0.1) is 10.2 Å². The third-order valence-electron chi connectivity index (χ3n) is 3.90. The highest BCUT2D eigenvalue weighted by Gasteiger charge is 2.12. The molecule has 2 N–H and O–H groups in total. The number of hydrogen-bond acceptors (Lipinski definition) is 5. The van der Waals surface area contributed by atoms with Crippen molar-refractivity contribution >= 4 is 23.2 Å². The van der Waals surface area contributed by atoms with Crippen LogP contribution in [0.3, 0.4) is 0 Å². The highest BCUT2D eigenvalue weighted by molar-refractivity contribution is 6.05. The molecule has 0 fully saturated rings. The van der Waals surface area contributed by atoms with Gasteiger partial charge in [-0.25, -0.2) is 0 Å². The molecule has 6 nitrogen and oxygen atoms in total. The van der Waals surface area contributed by atoms with Crippen molar-refractivity contribution in [3.63, 3.8) is 0 Å². The van der Waals surface area contributed by atoms with Gasteiger partial charge in [0.15, 0.2) is 11.6 Å². The van der Waals surface area contributed by atoms with Crippen molar-refractivity contribution in [2.24, 2.45) is 0 Å². The van der Waals surface area contributed by atoms with Crippen LogP contribution in [0.2, 0.25) is 0 Å². The van der Waals surface area contributed by atoms with Crippen LogP contribution in [0.15, 0.2) is 54.6 Å². The summed E-state index contributed by atoms with van der Waals surface area (Å²) >= 11 is 0. The topological polar surface area (TPSA) is 76.1 Å². The van der Waals surface area contributed by atoms with Crippen LogP contribution in [-0.4, -0.2) is 23.2 Å². The van der Waals surface area contributed by atoms with E-state index in [1.54, 1.807) is 30.3 Å². The van der Waals surface area contributed by atoms with Crippen LogP contribution < -0.4 is 15.4 Å². The summed E-state index contributed by atoms with van der Waals surface area (Å²) in [6, 6.07) is 16.6. The molecule has 1 amide bonds. The van der Waals surface area contributed by atoms with Crippen molar-refractivity contribution in [2.75, 3.05) is 17.7 Å². The summed E-state index contributed by atoms with van der Waals surface area (Å²) in [6.07, 6.45) is 0. The molecule has 0 atom stereocenters. The lowest BCUT2D eigenvalue weighted by Gasteiger charge is -2.10. The van der Waals surface area contributed by atoms with E-state index in [0.29, 0.717) is 22.9 Å². The lowest BCUT2D eigenvalue weighted by Crippen LogP contribution is -2.14. The number of ether oxygens (including phenoxy) is 1. The van der Waals surface area contributed by atoms with Crippen LogP contribution in [0.1, 0.15) is 21.5 Å². The molecule has 0 radical (unpaired) electrons. The van der Waals surface area contributed by atoms with Gasteiger partial charge in [0.2, 0.25) is 0 Å². The number of methoxy groups -OCH3 is 1. The number of hydrogen-bond donors (Lipinski definition) is 2. The highest BCUT2D eigenvalue weighted by Crippen LogP contribution is 2.21. The van der Waals surface area contributed by atoms with E-state index in [4.69, 9.17) is 4.74 Å². The van der Waals surface area contributed by atoms with E-state index in [9.17, 15) is 4.79 Å². The van der Waals surface area contributed by atoms with E-state index in [0.717, 1.165) is 11.3 Å². The van der Waals surface area contributed by atoms with Crippen LogP contribution in [0.5, 0.6) is 5.75 Å². The number of amides is 1. The molecule has 2 aromatic carbocycles. The molecule has 1 aromatic heterocycles. The third-order valence-corrected chi connectivity index (χ3v) is 3.90. The zero-order valence-electron chi connectivity index (χ0n) is 14.9. The summed E-state index contributed by atoms with van der Waals surface area (Å²) in [7, 11) is 1.53. The maximum absolute atomic E-state index is 12.4. The Bertz CT molecular complexity index is 923. The molecule has 132 valence electrons. The minimum Gasteiger partial charge on any atom is -0.496 e. The van der Waals surface area contributed by atoms with Gasteiger partial charge in [-0.1, -0.05) is 29.8 Å². The molecular weight excluding hydrogens is 328 g/mol. The van der Waals surface area contributed by atoms with Crippen LogP contribution in [0.25, 0.3) is 0 Å². The van der Waals surface area contributed by atoms with Gasteiger partial charge in [0.1, 0.15) is 5.75 Å². The Kier molecular flexibility index (Phi) is 5.12. The second-order valence-corrected chi connectivity index (χ2v) is 5.90. The van der Waals surface area contributed by atoms with Crippen LogP contribution in [-0.2, 0) is 0 Å². The van der Waals surface area contributed by atoms with Crippen molar-refractivity contribution in [1.82, 2.24) is 10.2 Å². The van der Waals surface area contributed by atoms with Crippen LogP contribution in [0, 0.1) is 13.8 Å². The lowest BCUT2D eigenvalue weighted by molar-refractivity contribution is 0.102. The maximum Gasteiger partial charge on any atom is 0.260 e. The standard InChI is InChI=1S/C20H20N4O2/c1-13-8-9-16(14(2)12-13)21-18-10-11-19(24-23-18)22-20(25)15-6-4-5-7-17(15)26-3/h4-12H,1-3H3,(H,21,23)(H,22,24,25). The molecule has 0 aliphatic rings. The van der Waals surface area contributed by atoms with Gasteiger partial charge in [0.25, 0.3) is 5.91 Å². The number of carbonyl (C=O) groups excluding carboxylic acids is 1. The van der Waals surface area contributed by atoms with E-state index < -0.39 is 0 Å². The van der Waals surface area contributed by atoms with Gasteiger partial charge in [-0.2, -0.15) is 0 Å². The largest absolute Gasteiger partial charge is 0.496 e. The van der Waals surface area contributed by atoms with Gasteiger partial charge < -0.3 is 15.4 Å². The zero-order valence-corrected chi connectivity index (χ0v) is 14.9. The normalized spacial score (nSPS) is 10.3. The molecule has 0 saturated heterocycles. The van der Waals surface area contributed by atoms with Crippen LogP contribution >= 0.6 is 0 Å². The van der Waals surface area contributed by atoms with E-state index in [-0.39, 0.29) is 5.91 Å². The van der Waals surface area contributed by atoms with E-state index in [2.05, 4.69) is 33.8 Å². The fourth-order valence-electron chi connectivity index (χ4n) is 2.57. The number of nitrogens with one attached hydrogen (secondary N) is 2. The maximum atomic E-state index is 12.4. The predicted molar refractivity (Wildman–Crippen MR) is 102 cm³/mol. The quantitative estimate of drug-likeness (QED) is 0.726. The van der Waals surface area contributed by atoms with Crippen molar-refractivity contribution in [2.45, 2.75) is 13.8 Å². The second-order valence-electron chi connectivity index (χ2n) is 5.90. The van der Waals surface area contributed by atoms with Crippen molar-refractivity contribution in [3.05, 3.63) is 71.3 Å². The Morgan fingerprint density at radius 1 is 0.962 bits per heavy atom. The predicted octanol–water partition coefficient (Wildman–Crippen LogP) is 4.10. The summed E-state index contributed by atoms with van der Waals surface area (Å²) < 4.78 is 5.20. The smallest absolute Gasteiger partial charge is 0.260 e. The molecule has 0 aliphatic carbocycles. The first-order valence-electron chi connectivity index (χ1n) is 8.19. The monoisotopic (exact) mass is 348 g/mol. The number of aryl methyl sites for hydroxylation is 2. The summed E-state index contributed by atoms with van der Waals surface area (Å²) in [5.74, 6) is 1.18. The van der Waals surface area contributed by atoms with Gasteiger partial charge in [0.05, 0.1) is 12.7 Å². The minimum absolute atomic E-state index is 0.299. The number of carbonyl (C=O) groups is 1. The number of para-hydroxylation sites is 1.